The van der Waals surface area contributed by atoms with E-state index < -0.39 is 39.4 Å². The first kappa shape index (κ1) is 27.8. The minimum atomic E-state index is -1.00. The second-order valence-corrected chi connectivity index (χ2v) is 13.3. The molecule has 2 saturated heterocycles. The SMILES string of the molecule is C[C@@]12/C=C\CCCCOC(=O)[C@@H]1[C@H]1C(=O)N([C@H](CO)c3ccccc3)C3C(=O)N(Cc4ccccc4)CC=C[C@@]31S2. The third kappa shape index (κ3) is 4.71. The van der Waals surface area contributed by atoms with Crippen molar-refractivity contribution in [3.8, 4) is 0 Å². The van der Waals surface area contributed by atoms with Crippen molar-refractivity contribution in [2.24, 2.45) is 11.8 Å². The van der Waals surface area contributed by atoms with Crippen LogP contribution in [0.3, 0.4) is 0 Å². The van der Waals surface area contributed by atoms with E-state index in [1.807, 2.05) is 79.7 Å². The Morgan fingerprint density at radius 2 is 1.68 bits per heavy atom. The van der Waals surface area contributed by atoms with Gasteiger partial charge in [-0.3, -0.25) is 14.4 Å². The minimum Gasteiger partial charge on any atom is -0.465 e. The predicted octanol–water partition coefficient (Wildman–Crippen LogP) is 4.29. The summed E-state index contributed by atoms with van der Waals surface area (Å²) in [5.74, 6) is -2.44. The van der Waals surface area contributed by atoms with Crippen molar-refractivity contribution in [2.75, 3.05) is 19.8 Å². The molecule has 0 aliphatic carbocycles. The van der Waals surface area contributed by atoms with Gasteiger partial charge >= 0.3 is 5.97 Å². The first-order valence-corrected chi connectivity index (χ1v) is 15.2. The van der Waals surface area contributed by atoms with E-state index in [4.69, 9.17) is 4.74 Å². The number of rotatable bonds is 5. The molecule has 1 spiro atoms. The molecule has 4 aliphatic rings. The summed E-state index contributed by atoms with van der Waals surface area (Å²) in [6.45, 7) is 2.74. The molecule has 4 aliphatic heterocycles. The lowest BCUT2D eigenvalue weighted by atomic mass is 9.74. The summed E-state index contributed by atoms with van der Waals surface area (Å²) in [6.07, 6.45) is 10.7. The quantitative estimate of drug-likeness (QED) is 0.425. The zero-order valence-electron chi connectivity index (χ0n) is 23.2. The lowest BCUT2D eigenvalue weighted by Gasteiger charge is -2.40. The zero-order chi connectivity index (χ0) is 28.6. The van der Waals surface area contributed by atoms with Crippen LogP contribution in [-0.4, -0.2) is 68.0 Å². The number of amides is 2. The number of allylic oxidation sites excluding steroid dienone is 1. The number of nitrogens with zero attached hydrogens (tertiary/aromatic N) is 2. The van der Waals surface area contributed by atoms with E-state index in [0.29, 0.717) is 19.7 Å². The maximum atomic E-state index is 14.7. The molecule has 2 fully saturated rings. The third-order valence-corrected chi connectivity index (χ3v) is 10.7. The van der Waals surface area contributed by atoms with E-state index in [1.54, 1.807) is 9.80 Å². The first-order valence-electron chi connectivity index (χ1n) is 14.4. The highest BCUT2D eigenvalue weighted by Gasteiger charge is 2.74. The highest BCUT2D eigenvalue weighted by molar-refractivity contribution is 8.02. The second kappa shape index (κ2) is 11.1. The van der Waals surface area contributed by atoms with Crippen LogP contribution in [0.4, 0.5) is 0 Å². The fourth-order valence-corrected chi connectivity index (χ4v) is 9.23. The van der Waals surface area contributed by atoms with Crippen molar-refractivity contribution < 1.29 is 24.2 Å². The van der Waals surface area contributed by atoms with Gasteiger partial charge in [0, 0.05) is 17.8 Å². The van der Waals surface area contributed by atoms with Crippen LogP contribution in [0.25, 0.3) is 0 Å². The molecule has 6 rings (SSSR count). The zero-order valence-corrected chi connectivity index (χ0v) is 24.0. The Morgan fingerprint density at radius 1 is 0.951 bits per heavy atom. The number of hydrogen-bond acceptors (Lipinski definition) is 6. The fraction of sp³-hybridized carbons (Fsp3) is 0.424. The number of cyclic esters (lactones) is 1. The molecule has 1 N–H and O–H groups in total. The van der Waals surface area contributed by atoms with Crippen LogP contribution >= 0.6 is 11.8 Å². The maximum absolute atomic E-state index is 14.7. The number of benzene rings is 2. The number of hydrogen-bond donors (Lipinski definition) is 1. The average Bonchev–Trinajstić information content (AvgIpc) is 3.31. The van der Waals surface area contributed by atoms with Gasteiger partial charge in [-0.05, 0) is 37.3 Å². The maximum Gasteiger partial charge on any atom is 0.311 e. The minimum absolute atomic E-state index is 0.179. The average molecular weight is 573 g/mol. The van der Waals surface area contributed by atoms with Gasteiger partial charge in [0.1, 0.15) is 6.04 Å². The molecule has 2 aromatic rings. The van der Waals surface area contributed by atoms with Crippen LogP contribution in [-0.2, 0) is 25.7 Å². The highest BCUT2D eigenvalue weighted by atomic mass is 32.2. The molecule has 0 bridgehead atoms. The molecule has 4 heterocycles. The molecule has 2 aromatic carbocycles. The molecular formula is C33H36N2O5S. The number of thioether (sulfide) groups is 1. The Bertz CT molecular complexity index is 1360. The van der Waals surface area contributed by atoms with Gasteiger partial charge in [-0.1, -0.05) is 85.0 Å². The molecule has 214 valence electrons. The summed E-state index contributed by atoms with van der Waals surface area (Å²) >= 11 is 1.53. The Kier molecular flexibility index (Phi) is 7.55. The summed E-state index contributed by atoms with van der Waals surface area (Å²) in [7, 11) is 0. The molecule has 0 radical (unpaired) electrons. The Hall–Kier alpha value is -3.36. The van der Waals surface area contributed by atoms with Gasteiger partial charge in [0.25, 0.3) is 0 Å². The monoisotopic (exact) mass is 572 g/mol. The molecule has 41 heavy (non-hydrogen) atoms. The lowest BCUT2D eigenvalue weighted by Crippen LogP contribution is -2.54. The van der Waals surface area contributed by atoms with Crippen LogP contribution in [0.2, 0.25) is 0 Å². The number of carbonyl (C=O) groups is 3. The van der Waals surface area contributed by atoms with Crippen molar-refractivity contribution in [1.29, 1.82) is 0 Å². The van der Waals surface area contributed by atoms with E-state index in [-0.39, 0.29) is 18.4 Å². The lowest BCUT2D eigenvalue weighted by molar-refractivity contribution is -0.155. The van der Waals surface area contributed by atoms with Gasteiger partial charge < -0.3 is 19.6 Å². The highest BCUT2D eigenvalue weighted by Crippen LogP contribution is 2.66. The normalized spacial score (nSPS) is 32.9. The van der Waals surface area contributed by atoms with E-state index >= 15 is 0 Å². The number of ether oxygens (including phenoxy) is 1. The van der Waals surface area contributed by atoms with Crippen molar-refractivity contribution in [2.45, 2.75) is 54.3 Å². The fourth-order valence-electron chi connectivity index (χ4n) is 7.09. The molecule has 1 unspecified atom stereocenters. The first-order chi connectivity index (χ1) is 19.9. The van der Waals surface area contributed by atoms with Gasteiger partial charge in [0.2, 0.25) is 11.8 Å². The van der Waals surface area contributed by atoms with Gasteiger partial charge in [0.15, 0.2) is 0 Å². The van der Waals surface area contributed by atoms with Crippen LogP contribution in [0, 0.1) is 11.8 Å². The molecular weight excluding hydrogens is 536 g/mol. The molecule has 6 atom stereocenters. The van der Waals surface area contributed by atoms with Crippen LogP contribution in [0.5, 0.6) is 0 Å². The van der Waals surface area contributed by atoms with Gasteiger partial charge in [-0.25, -0.2) is 0 Å². The number of carbonyl (C=O) groups excluding carboxylic acids is 3. The van der Waals surface area contributed by atoms with Crippen molar-refractivity contribution >= 4 is 29.5 Å². The number of aliphatic hydroxyl groups is 1. The predicted molar refractivity (Wildman–Crippen MR) is 158 cm³/mol. The van der Waals surface area contributed by atoms with E-state index in [0.717, 1.165) is 30.4 Å². The molecule has 0 saturated carbocycles. The largest absolute Gasteiger partial charge is 0.465 e. The second-order valence-electron chi connectivity index (χ2n) is 11.5. The summed E-state index contributed by atoms with van der Waals surface area (Å²) in [5, 5.41) is 10.7. The molecule has 0 aromatic heterocycles. The third-order valence-electron chi connectivity index (χ3n) is 8.93. The summed E-state index contributed by atoms with van der Waals surface area (Å²) in [5.41, 5.74) is 1.74. The number of esters is 1. The molecule has 7 nitrogen and oxygen atoms in total. The van der Waals surface area contributed by atoms with E-state index in [2.05, 4.69) is 12.2 Å². The summed E-state index contributed by atoms with van der Waals surface area (Å²) in [6, 6.07) is 17.5. The summed E-state index contributed by atoms with van der Waals surface area (Å²) < 4.78 is 4.03. The van der Waals surface area contributed by atoms with E-state index in [9.17, 15) is 19.5 Å². The van der Waals surface area contributed by atoms with Crippen molar-refractivity contribution in [3.05, 3.63) is 96.1 Å². The standard InChI is InChI=1S/C33H36N2O5S/c1-32-17-10-2-3-11-20-40-31(39)27(32)26-29(37)35(25(22-36)24-15-8-5-9-16-24)28-30(38)34(19-12-18-33(26,28)41-32)21-23-13-6-4-7-14-23/h4-10,12-18,25-28,36H,2-3,11,19-22H2,1H3/b17-10-/t25-,26+,27+,28?,32-,33+/m1/s1. The van der Waals surface area contributed by atoms with E-state index in [1.165, 1.54) is 11.8 Å². The van der Waals surface area contributed by atoms with Crippen LogP contribution < -0.4 is 0 Å². The Labute approximate surface area is 245 Å². The van der Waals surface area contributed by atoms with Gasteiger partial charge in [0.05, 0.1) is 35.8 Å². The number of likely N-dealkylation sites (tertiary alicyclic amines) is 1. The van der Waals surface area contributed by atoms with Crippen LogP contribution in [0.15, 0.2) is 85.0 Å². The number of fused-ring (bicyclic) bond motifs is 2. The molecule has 2 amide bonds. The summed E-state index contributed by atoms with van der Waals surface area (Å²) in [4.78, 5) is 46.5. The Balaban J connectivity index is 1.50. The Morgan fingerprint density at radius 3 is 2.41 bits per heavy atom. The topological polar surface area (TPSA) is 87.1 Å². The van der Waals surface area contributed by atoms with Gasteiger partial charge in [-0.2, -0.15) is 0 Å². The van der Waals surface area contributed by atoms with Gasteiger partial charge in [-0.15, -0.1) is 11.8 Å². The smallest absolute Gasteiger partial charge is 0.311 e. The van der Waals surface area contributed by atoms with Crippen molar-refractivity contribution in [3.63, 3.8) is 0 Å². The molecule has 8 heteroatoms. The number of aliphatic hydroxyl groups excluding tert-OH is 1. The van der Waals surface area contributed by atoms with Crippen molar-refractivity contribution in [1.82, 2.24) is 9.80 Å². The van der Waals surface area contributed by atoms with Crippen LogP contribution in [0.1, 0.15) is 43.4 Å².